The number of benzene rings is 1. The van der Waals surface area contributed by atoms with Crippen molar-refractivity contribution in [3.63, 3.8) is 0 Å². The maximum absolute atomic E-state index is 12.1. The van der Waals surface area contributed by atoms with E-state index in [-0.39, 0.29) is 11.9 Å². The maximum atomic E-state index is 12.1. The van der Waals surface area contributed by atoms with Crippen LogP contribution in [-0.2, 0) is 4.79 Å². The molecule has 128 valence electrons. The summed E-state index contributed by atoms with van der Waals surface area (Å²) in [6.45, 7) is 3.73. The highest BCUT2D eigenvalue weighted by Crippen LogP contribution is 2.19. The Kier molecular flexibility index (Phi) is 6.21. The first kappa shape index (κ1) is 17.8. The highest BCUT2D eigenvalue weighted by atomic mass is 16.5. The fraction of sp³-hybridized carbons (Fsp3) is 0.316. The number of amides is 1. The second-order valence-corrected chi connectivity index (χ2v) is 5.73. The lowest BCUT2D eigenvalue weighted by Crippen LogP contribution is -2.32. The van der Waals surface area contributed by atoms with Crippen LogP contribution < -0.4 is 10.1 Å². The average Bonchev–Trinajstić information content (AvgIpc) is 3.09. The minimum Gasteiger partial charge on any atom is -0.497 e. The summed E-state index contributed by atoms with van der Waals surface area (Å²) in [6, 6.07) is 10.8. The smallest absolute Gasteiger partial charge is 0.244 e. The number of ether oxygens (including phenoxy) is 1. The van der Waals surface area contributed by atoms with Gasteiger partial charge in [0.25, 0.3) is 0 Å². The molecule has 0 saturated carbocycles. The molecule has 0 bridgehead atoms. The first-order valence-electron chi connectivity index (χ1n) is 7.84. The van der Waals surface area contributed by atoms with Gasteiger partial charge in [-0.2, -0.15) is 0 Å². The number of aliphatic hydroxyl groups excluding tert-OH is 1. The first-order chi connectivity index (χ1) is 11.5. The molecule has 2 rings (SSSR count). The third-order valence-corrected chi connectivity index (χ3v) is 3.73. The molecular weight excluding hydrogens is 306 g/mol. The van der Waals surface area contributed by atoms with Crippen molar-refractivity contribution in [1.29, 1.82) is 0 Å². The largest absolute Gasteiger partial charge is 0.497 e. The Morgan fingerprint density at radius 3 is 2.62 bits per heavy atom. The molecule has 0 saturated heterocycles. The lowest BCUT2D eigenvalue weighted by Gasteiger charge is -2.16. The lowest BCUT2D eigenvalue weighted by molar-refractivity contribution is -0.117. The van der Waals surface area contributed by atoms with Gasteiger partial charge in [0, 0.05) is 18.5 Å². The van der Waals surface area contributed by atoms with E-state index in [2.05, 4.69) is 5.32 Å². The lowest BCUT2D eigenvalue weighted by atomic mass is 10.1. The van der Waals surface area contributed by atoms with Gasteiger partial charge >= 0.3 is 0 Å². The van der Waals surface area contributed by atoms with Crippen LogP contribution in [-0.4, -0.2) is 24.2 Å². The summed E-state index contributed by atoms with van der Waals surface area (Å²) >= 11 is 0. The second kappa shape index (κ2) is 8.36. The standard InChI is InChI=1S/C19H23NO4/c1-13(15-6-8-16(23-3)9-7-15)11-19(22)20-14(2)12-17(21)18-5-4-10-24-18/h4-11,14,17,21H,12H2,1-3H3,(H,20,22)/b13-11+. The van der Waals surface area contributed by atoms with Crippen LogP contribution in [0.15, 0.2) is 53.2 Å². The number of carbonyl (C=O) groups is 1. The summed E-state index contributed by atoms with van der Waals surface area (Å²) < 4.78 is 10.3. The van der Waals surface area contributed by atoms with E-state index in [0.29, 0.717) is 12.2 Å². The number of rotatable bonds is 7. The van der Waals surface area contributed by atoms with Crippen molar-refractivity contribution in [3.05, 3.63) is 60.1 Å². The van der Waals surface area contributed by atoms with Crippen LogP contribution in [0.4, 0.5) is 0 Å². The van der Waals surface area contributed by atoms with Crippen LogP contribution in [0.25, 0.3) is 5.57 Å². The van der Waals surface area contributed by atoms with Crippen LogP contribution in [0.3, 0.4) is 0 Å². The van der Waals surface area contributed by atoms with Gasteiger partial charge in [-0.05, 0) is 49.2 Å². The van der Waals surface area contributed by atoms with E-state index >= 15 is 0 Å². The Balaban J connectivity index is 1.90. The SMILES string of the molecule is COc1ccc(/C(C)=C/C(=O)NC(C)CC(O)c2ccco2)cc1. The van der Waals surface area contributed by atoms with Gasteiger partial charge in [-0.3, -0.25) is 4.79 Å². The normalized spacial score (nSPS) is 14.1. The summed E-state index contributed by atoms with van der Waals surface area (Å²) in [4.78, 5) is 12.1. The van der Waals surface area contributed by atoms with E-state index in [9.17, 15) is 9.90 Å². The molecule has 1 amide bonds. The molecule has 0 radical (unpaired) electrons. The highest BCUT2D eigenvalue weighted by Gasteiger charge is 2.15. The van der Waals surface area contributed by atoms with Crippen LogP contribution in [0.5, 0.6) is 5.75 Å². The van der Waals surface area contributed by atoms with Crippen LogP contribution in [0.2, 0.25) is 0 Å². The number of aliphatic hydroxyl groups is 1. The fourth-order valence-corrected chi connectivity index (χ4v) is 2.41. The van der Waals surface area contributed by atoms with Gasteiger partial charge in [-0.15, -0.1) is 0 Å². The summed E-state index contributed by atoms with van der Waals surface area (Å²) in [7, 11) is 1.61. The minimum absolute atomic E-state index is 0.183. The van der Waals surface area contributed by atoms with E-state index in [1.54, 1.807) is 25.3 Å². The second-order valence-electron chi connectivity index (χ2n) is 5.73. The summed E-state index contributed by atoms with van der Waals surface area (Å²) in [6.07, 6.45) is 2.72. The molecule has 24 heavy (non-hydrogen) atoms. The van der Waals surface area contributed by atoms with Gasteiger partial charge in [-0.1, -0.05) is 12.1 Å². The molecule has 5 nitrogen and oxygen atoms in total. The number of nitrogens with one attached hydrogen (secondary N) is 1. The predicted molar refractivity (Wildman–Crippen MR) is 92.5 cm³/mol. The van der Waals surface area contributed by atoms with Crippen LogP contribution in [0, 0.1) is 0 Å². The Bertz CT molecular complexity index is 674. The van der Waals surface area contributed by atoms with Crippen molar-refractivity contribution in [2.45, 2.75) is 32.4 Å². The number of carbonyl (C=O) groups excluding carboxylic acids is 1. The van der Waals surface area contributed by atoms with Crippen molar-refractivity contribution < 1.29 is 19.1 Å². The number of methoxy groups -OCH3 is 1. The summed E-state index contributed by atoms with van der Waals surface area (Å²) in [5, 5.41) is 12.9. The first-order valence-corrected chi connectivity index (χ1v) is 7.84. The van der Waals surface area contributed by atoms with E-state index in [1.807, 2.05) is 38.1 Å². The number of allylic oxidation sites excluding steroid dienone is 1. The zero-order valence-corrected chi connectivity index (χ0v) is 14.2. The highest BCUT2D eigenvalue weighted by molar-refractivity contribution is 5.95. The Morgan fingerprint density at radius 1 is 1.33 bits per heavy atom. The molecule has 2 N–H and O–H groups in total. The third-order valence-electron chi connectivity index (χ3n) is 3.73. The Morgan fingerprint density at radius 2 is 2.04 bits per heavy atom. The van der Waals surface area contributed by atoms with Gasteiger partial charge in [0.15, 0.2) is 0 Å². The van der Waals surface area contributed by atoms with Crippen molar-refractivity contribution in [2.24, 2.45) is 0 Å². The van der Waals surface area contributed by atoms with Gasteiger partial charge in [0.1, 0.15) is 17.6 Å². The molecule has 2 atom stereocenters. The molecule has 0 aliphatic heterocycles. The molecule has 0 spiro atoms. The predicted octanol–water partition coefficient (Wildman–Crippen LogP) is 3.32. The van der Waals surface area contributed by atoms with Crippen molar-refractivity contribution >= 4 is 11.5 Å². The van der Waals surface area contributed by atoms with E-state index in [1.165, 1.54) is 6.26 Å². The molecule has 0 fully saturated rings. The molecule has 2 aromatic rings. The molecule has 1 heterocycles. The molecule has 5 heteroatoms. The quantitative estimate of drug-likeness (QED) is 0.764. The molecule has 0 aliphatic carbocycles. The zero-order chi connectivity index (χ0) is 17.5. The van der Waals surface area contributed by atoms with E-state index in [4.69, 9.17) is 9.15 Å². The third kappa shape index (κ3) is 4.99. The van der Waals surface area contributed by atoms with Crippen LogP contribution in [0.1, 0.15) is 37.7 Å². The number of hydrogen-bond acceptors (Lipinski definition) is 4. The topological polar surface area (TPSA) is 71.7 Å². The van der Waals surface area contributed by atoms with Crippen LogP contribution >= 0.6 is 0 Å². The van der Waals surface area contributed by atoms with Crippen molar-refractivity contribution in [2.75, 3.05) is 7.11 Å². The van der Waals surface area contributed by atoms with Gasteiger partial charge in [0.2, 0.25) is 5.91 Å². The van der Waals surface area contributed by atoms with Gasteiger partial charge in [-0.25, -0.2) is 0 Å². The fourth-order valence-electron chi connectivity index (χ4n) is 2.41. The molecule has 1 aromatic heterocycles. The van der Waals surface area contributed by atoms with Crippen molar-refractivity contribution in [3.8, 4) is 5.75 Å². The summed E-state index contributed by atoms with van der Waals surface area (Å²) in [5.74, 6) is 1.08. The Hall–Kier alpha value is -2.53. The molecule has 0 aliphatic rings. The van der Waals surface area contributed by atoms with E-state index in [0.717, 1.165) is 16.9 Å². The van der Waals surface area contributed by atoms with Gasteiger partial charge in [0.05, 0.1) is 13.4 Å². The van der Waals surface area contributed by atoms with Crippen molar-refractivity contribution in [1.82, 2.24) is 5.32 Å². The molecule has 2 unspecified atom stereocenters. The zero-order valence-electron chi connectivity index (χ0n) is 14.2. The van der Waals surface area contributed by atoms with Gasteiger partial charge < -0.3 is 19.6 Å². The number of furan rings is 1. The minimum atomic E-state index is -0.734. The molecular formula is C19H23NO4. The van der Waals surface area contributed by atoms with E-state index < -0.39 is 6.10 Å². The summed E-state index contributed by atoms with van der Waals surface area (Å²) in [5.41, 5.74) is 1.81. The maximum Gasteiger partial charge on any atom is 0.244 e. The molecule has 1 aromatic carbocycles. The monoisotopic (exact) mass is 329 g/mol. The Labute approximate surface area is 141 Å². The average molecular weight is 329 g/mol. The number of hydrogen-bond donors (Lipinski definition) is 2.